The lowest BCUT2D eigenvalue weighted by molar-refractivity contribution is 0.0697. The second kappa shape index (κ2) is 4.79. The second-order valence-electron chi connectivity index (χ2n) is 4.86. The summed E-state index contributed by atoms with van der Waals surface area (Å²) in [5, 5.41) is 11.4. The minimum atomic E-state index is -0.997. The Balaban J connectivity index is 2.04. The summed E-state index contributed by atoms with van der Waals surface area (Å²) in [5.41, 5.74) is 7.44. The van der Waals surface area contributed by atoms with E-state index in [-0.39, 0.29) is 11.6 Å². The first-order valence-corrected chi connectivity index (χ1v) is 7.27. The number of carboxylic acid groups (broad SMARTS) is 1. The van der Waals surface area contributed by atoms with Crippen LogP contribution >= 0.6 is 11.3 Å². The van der Waals surface area contributed by atoms with Crippen LogP contribution in [-0.2, 0) is 6.42 Å². The van der Waals surface area contributed by atoms with Gasteiger partial charge in [0.15, 0.2) is 0 Å². The SMILES string of the molecule is CC1c2ccsc2CCN1c1ncc(N)cc1C(=O)O. The van der Waals surface area contributed by atoms with E-state index in [9.17, 15) is 9.90 Å². The first-order chi connectivity index (χ1) is 9.58. The molecule has 104 valence electrons. The summed E-state index contributed by atoms with van der Waals surface area (Å²) in [7, 11) is 0. The third-order valence-electron chi connectivity index (χ3n) is 3.67. The van der Waals surface area contributed by atoms with Crippen molar-refractivity contribution in [3.05, 3.63) is 39.7 Å². The molecule has 3 heterocycles. The fourth-order valence-electron chi connectivity index (χ4n) is 2.66. The van der Waals surface area contributed by atoms with Crippen LogP contribution in [0.15, 0.2) is 23.7 Å². The maximum absolute atomic E-state index is 11.4. The number of carboxylic acids is 1. The van der Waals surface area contributed by atoms with E-state index < -0.39 is 5.97 Å². The monoisotopic (exact) mass is 289 g/mol. The molecule has 1 aliphatic heterocycles. The Kier molecular flexibility index (Phi) is 3.10. The predicted octanol–water partition coefficient (Wildman–Crippen LogP) is 2.55. The lowest BCUT2D eigenvalue weighted by Crippen LogP contribution is -2.35. The lowest BCUT2D eigenvalue weighted by atomic mass is 10.0. The lowest BCUT2D eigenvalue weighted by Gasteiger charge is -2.35. The Morgan fingerprint density at radius 3 is 3.15 bits per heavy atom. The topological polar surface area (TPSA) is 79.5 Å². The van der Waals surface area contributed by atoms with Gasteiger partial charge in [-0.25, -0.2) is 9.78 Å². The summed E-state index contributed by atoms with van der Waals surface area (Å²) < 4.78 is 0. The molecular formula is C14H15N3O2S. The zero-order valence-corrected chi connectivity index (χ0v) is 11.9. The zero-order valence-electron chi connectivity index (χ0n) is 11.0. The largest absolute Gasteiger partial charge is 0.478 e. The molecule has 3 rings (SSSR count). The van der Waals surface area contributed by atoms with Crippen LogP contribution in [0, 0.1) is 0 Å². The van der Waals surface area contributed by atoms with Gasteiger partial charge in [0.2, 0.25) is 0 Å². The molecule has 5 nitrogen and oxygen atoms in total. The number of pyridine rings is 1. The summed E-state index contributed by atoms with van der Waals surface area (Å²) >= 11 is 1.76. The quantitative estimate of drug-likeness (QED) is 0.888. The highest BCUT2D eigenvalue weighted by atomic mass is 32.1. The Bertz CT molecular complexity index is 668. The van der Waals surface area contributed by atoms with Crippen molar-refractivity contribution in [1.29, 1.82) is 0 Å². The van der Waals surface area contributed by atoms with Gasteiger partial charge in [0.1, 0.15) is 11.4 Å². The number of hydrogen-bond donors (Lipinski definition) is 2. The molecule has 0 bridgehead atoms. The molecule has 0 aromatic carbocycles. The van der Waals surface area contributed by atoms with Gasteiger partial charge in [-0.15, -0.1) is 11.3 Å². The average molecular weight is 289 g/mol. The number of nitrogen functional groups attached to an aromatic ring is 1. The minimum absolute atomic E-state index is 0.124. The molecule has 0 saturated heterocycles. The van der Waals surface area contributed by atoms with Crippen molar-refractivity contribution in [1.82, 2.24) is 4.98 Å². The summed E-state index contributed by atoms with van der Waals surface area (Å²) in [6.45, 7) is 2.85. The van der Waals surface area contributed by atoms with Gasteiger partial charge in [0.25, 0.3) is 0 Å². The first kappa shape index (κ1) is 12.9. The van der Waals surface area contributed by atoms with Crippen LogP contribution < -0.4 is 10.6 Å². The fourth-order valence-corrected chi connectivity index (χ4v) is 3.62. The van der Waals surface area contributed by atoms with Crippen molar-refractivity contribution in [3.8, 4) is 0 Å². The number of hydrogen-bond acceptors (Lipinski definition) is 5. The standard InChI is InChI=1S/C14H15N3O2S/c1-8-10-3-5-20-12(10)2-4-17(8)13-11(14(18)19)6-9(15)7-16-13/h3,5-8H,2,4,15H2,1H3,(H,18,19). The zero-order chi connectivity index (χ0) is 14.3. The number of fused-ring (bicyclic) bond motifs is 1. The molecule has 1 unspecified atom stereocenters. The molecule has 20 heavy (non-hydrogen) atoms. The normalized spacial score (nSPS) is 17.9. The van der Waals surface area contributed by atoms with Gasteiger partial charge in [-0.3, -0.25) is 0 Å². The molecular weight excluding hydrogens is 274 g/mol. The number of rotatable bonds is 2. The van der Waals surface area contributed by atoms with Gasteiger partial charge in [-0.2, -0.15) is 0 Å². The first-order valence-electron chi connectivity index (χ1n) is 6.39. The Hall–Kier alpha value is -2.08. The maximum atomic E-state index is 11.4. The van der Waals surface area contributed by atoms with E-state index in [1.165, 1.54) is 22.7 Å². The van der Waals surface area contributed by atoms with Crippen molar-refractivity contribution in [2.75, 3.05) is 17.2 Å². The van der Waals surface area contributed by atoms with Gasteiger partial charge in [-0.05, 0) is 36.4 Å². The Morgan fingerprint density at radius 1 is 1.60 bits per heavy atom. The van der Waals surface area contributed by atoms with E-state index in [1.54, 1.807) is 11.3 Å². The van der Waals surface area contributed by atoms with Gasteiger partial charge in [0, 0.05) is 11.4 Å². The number of carbonyl (C=O) groups is 1. The van der Waals surface area contributed by atoms with Gasteiger partial charge < -0.3 is 15.7 Å². The molecule has 2 aromatic rings. The number of nitrogens with two attached hydrogens (primary N) is 1. The summed E-state index contributed by atoms with van der Waals surface area (Å²) in [6, 6.07) is 3.70. The van der Waals surface area contributed by atoms with E-state index in [0.717, 1.165) is 13.0 Å². The van der Waals surface area contributed by atoms with Crippen molar-refractivity contribution in [2.24, 2.45) is 0 Å². The van der Waals surface area contributed by atoms with Crippen molar-refractivity contribution in [2.45, 2.75) is 19.4 Å². The van der Waals surface area contributed by atoms with Gasteiger partial charge in [0.05, 0.1) is 17.9 Å². The molecule has 0 fully saturated rings. The van der Waals surface area contributed by atoms with Crippen molar-refractivity contribution < 1.29 is 9.90 Å². The van der Waals surface area contributed by atoms with Crippen LogP contribution in [0.4, 0.5) is 11.5 Å². The molecule has 1 aliphatic rings. The van der Waals surface area contributed by atoms with Crippen LogP contribution in [0.5, 0.6) is 0 Å². The van der Waals surface area contributed by atoms with Crippen LogP contribution in [0.1, 0.15) is 33.8 Å². The molecule has 1 atom stereocenters. The number of anilines is 2. The highest BCUT2D eigenvalue weighted by Crippen LogP contribution is 2.36. The average Bonchev–Trinajstić information content (AvgIpc) is 2.89. The minimum Gasteiger partial charge on any atom is -0.478 e. The van der Waals surface area contributed by atoms with E-state index in [1.807, 2.05) is 4.90 Å². The second-order valence-corrected chi connectivity index (χ2v) is 5.86. The summed E-state index contributed by atoms with van der Waals surface area (Å²) in [4.78, 5) is 19.1. The van der Waals surface area contributed by atoms with Crippen molar-refractivity contribution in [3.63, 3.8) is 0 Å². The molecule has 0 radical (unpaired) electrons. The van der Waals surface area contributed by atoms with Crippen LogP contribution in [0.2, 0.25) is 0 Å². The smallest absolute Gasteiger partial charge is 0.339 e. The molecule has 6 heteroatoms. The van der Waals surface area contributed by atoms with E-state index in [4.69, 9.17) is 5.73 Å². The maximum Gasteiger partial charge on any atom is 0.339 e. The van der Waals surface area contributed by atoms with E-state index >= 15 is 0 Å². The van der Waals surface area contributed by atoms with E-state index in [0.29, 0.717) is 11.5 Å². The van der Waals surface area contributed by atoms with Crippen molar-refractivity contribution >= 4 is 28.8 Å². The van der Waals surface area contributed by atoms with Gasteiger partial charge in [-0.1, -0.05) is 0 Å². The molecule has 2 aromatic heterocycles. The third kappa shape index (κ3) is 2.02. The predicted molar refractivity (Wildman–Crippen MR) is 79.4 cm³/mol. The highest BCUT2D eigenvalue weighted by Gasteiger charge is 2.28. The number of aromatic carboxylic acids is 1. The van der Waals surface area contributed by atoms with Gasteiger partial charge >= 0.3 is 5.97 Å². The summed E-state index contributed by atoms with van der Waals surface area (Å²) in [5.74, 6) is -0.501. The van der Waals surface area contributed by atoms with Crippen LogP contribution in [0.3, 0.4) is 0 Å². The summed E-state index contributed by atoms with van der Waals surface area (Å²) in [6.07, 6.45) is 2.43. The number of nitrogens with zero attached hydrogens (tertiary/aromatic N) is 2. The number of aromatic nitrogens is 1. The molecule has 0 amide bonds. The third-order valence-corrected chi connectivity index (χ3v) is 4.66. The molecule has 0 spiro atoms. The molecule has 0 saturated carbocycles. The Labute approximate surface area is 120 Å². The van der Waals surface area contributed by atoms with Crippen LogP contribution in [-0.4, -0.2) is 22.6 Å². The van der Waals surface area contributed by atoms with E-state index in [2.05, 4.69) is 23.4 Å². The highest BCUT2D eigenvalue weighted by molar-refractivity contribution is 7.10. The Morgan fingerprint density at radius 2 is 2.40 bits per heavy atom. The fraction of sp³-hybridized carbons (Fsp3) is 0.286. The number of thiophene rings is 1. The molecule has 3 N–H and O–H groups in total. The molecule has 0 aliphatic carbocycles. The van der Waals surface area contributed by atoms with Crippen LogP contribution in [0.25, 0.3) is 0 Å².